The highest BCUT2D eigenvalue weighted by molar-refractivity contribution is 5.74. The molecule has 0 bridgehead atoms. The minimum atomic E-state index is -0.944. The van der Waals surface area contributed by atoms with Crippen molar-refractivity contribution in [1.82, 2.24) is 10.6 Å². The minimum absolute atomic E-state index is 0.0243. The lowest BCUT2D eigenvalue weighted by atomic mass is 10.2. The smallest absolute Gasteiger partial charge is 0.332 e. The molecule has 1 saturated heterocycles. The highest BCUT2D eigenvalue weighted by atomic mass is 16.5. The number of hydrogen-bond donors (Lipinski definition) is 3. The topological polar surface area (TPSA) is 96.9 Å². The number of hydrogen-bond acceptors (Lipinski definition) is 4. The zero-order valence-corrected chi connectivity index (χ0v) is 11.3. The molecule has 1 fully saturated rings. The lowest BCUT2D eigenvalue weighted by molar-refractivity contribution is -0.149. The van der Waals surface area contributed by atoms with Crippen molar-refractivity contribution in [2.45, 2.75) is 44.4 Å². The molecule has 0 radical (unpaired) electrons. The first-order valence-corrected chi connectivity index (χ1v) is 6.44. The van der Waals surface area contributed by atoms with E-state index in [2.05, 4.69) is 10.6 Å². The molecule has 1 rings (SSSR count). The Morgan fingerprint density at radius 2 is 2.21 bits per heavy atom. The largest absolute Gasteiger partial charge is 0.479 e. The van der Waals surface area contributed by atoms with Crippen molar-refractivity contribution in [3.8, 4) is 0 Å². The van der Waals surface area contributed by atoms with Crippen molar-refractivity contribution in [3.63, 3.8) is 0 Å². The highest BCUT2D eigenvalue weighted by Gasteiger charge is 2.30. The van der Waals surface area contributed by atoms with Crippen molar-refractivity contribution < 1.29 is 24.2 Å². The Bertz CT molecular complexity index is 310. The summed E-state index contributed by atoms with van der Waals surface area (Å²) in [6.45, 7) is 2.81. The van der Waals surface area contributed by atoms with Crippen LogP contribution in [0.3, 0.4) is 0 Å². The lowest BCUT2D eigenvalue weighted by Crippen LogP contribution is -2.44. The van der Waals surface area contributed by atoms with Gasteiger partial charge >= 0.3 is 12.0 Å². The first-order chi connectivity index (χ1) is 9.02. The van der Waals surface area contributed by atoms with Gasteiger partial charge in [-0.3, -0.25) is 0 Å². The maximum absolute atomic E-state index is 11.6. The van der Waals surface area contributed by atoms with Gasteiger partial charge < -0.3 is 25.2 Å². The van der Waals surface area contributed by atoms with E-state index in [9.17, 15) is 9.59 Å². The highest BCUT2D eigenvalue weighted by Crippen LogP contribution is 2.19. The van der Waals surface area contributed by atoms with Crippen LogP contribution in [0.4, 0.5) is 4.79 Å². The molecular weight excluding hydrogens is 252 g/mol. The molecule has 0 aromatic rings. The molecule has 0 spiro atoms. The van der Waals surface area contributed by atoms with E-state index in [4.69, 9.17) is 14.6 Å². The molecule has 1 heterocycles. The van der Waals surface area contributed by atoms with Crippen LogP contribution < -0.4 is 10.6 Å². The predicted octanol–water partition coefficient (Wildman–Crippen LogP) is 0.343. The number of carboxylic acids is 1. The molecule has 19 heavy (non-hydrogen) atoms. The van der Waals surface area contributed by atoms with Crippen LogP contribution in [0.5, 0.6) is 0 Å². The van der Waals surface area contributed by atoms with E-state index in [1.54, 1.807) is 7.11 Å². The quantitative estimate of drug-likeness (QED) is 0.622. The molecule has 3 N–H and O–H groups in total. The Balaban J connectivity index is 2.15. The average molecular weight is 274 g/mol. The summed E-state index contributed by atoms with van der Waals surface area (Å²) in [5.74, 6) is -0.944. The number of methoxy groups -OCH3 is 1. The summed E-state index contributed by atoms with van der Waals surface area (Å²) < 4.78 is 10.2. The second-order valence-corrected chi connectivity index (χ2v) is 4.70. The fraction of sp³-hybridized carbons (Fsp3) is 0.833. The van der Waals surface area contributed by atoms with Gasteiger partial charge in [-0.05, 0) is 26.2 Å². The van der Waals surface area contributed by atoms with Gasteiger partial charge in [-0.2, -0.15) is 0 Å². The Morgan fingerprint density at radius 1 is 1.47 bits per heavy atom. The number of urea groups is 1. The van der Waals surface area contributed by atoms with Crippen molar-refractivity contribution in [3.05, 3.63) is 0 Å². The summed E-state index contributed by atoms with van der Waals surface area (Å²) in [6.07, 6.45) is 0.922. The maximum atomic E-state index is 11.6. The standard InChI is InChI=1S/C12H22N2O5/c1-8(5-6-18-2)14-12(17)13-7-9-3-4-10(19-9)11(15)16/h8-10H,3-7H2,1-2H3,(H,15,16)(H2,13,14,17). The summed E-state index contributed by atoms with van der Waals surface area (Å²) in [5, 5.41) is 14.2. The molecule has 0 saturated carbocycles. The average Bonchev–Trinajstić information content (AvgIpc) is 2.83. The van der Waals surface area contributed by atoms with Crippen LogP contribution in [-0.4, -0.2) is 55.6 Å². The first kappa shape index (κ1) is 15.7. The molecule has 1 aliphatic heterocycles. The van der Waals surface area contributed by atoms with Gasteiger partial charge in [0, 0.05) is 26.3 Å². The minimum Gasteiger partial charge on any atom is -0.479 e. The number of carbonyl (C=O) groups excluding carboxylic acids is 1. The summed E-state index contributed by atoms with van der Waals surface area (Å²) in [5.41, 5.74) is 0. The SMILES string of the molecule is COCCC(C)NC(=O)NCC1CCC(C(=O)O)O1. The summed E-state index contributed by atoms with van der Waals surface area (Å²) >= 11 is 0. The van der Waals surface area contributed by atoms with Crippen molar-refractivity contribution in [2.24, 2.45) is 0 Å². The zero-order chi connectivity index (χ0) is 14.3. The third kappa shape index (κ3) is 5.89. The van der Waals surface area contributed by atoms with Crippen molar-refractivity contribution in [2.75, 3.05) is 20.3 Å². The van der Waals surface area contributed by atoms with Crippen LogP contribution in [0, 0.1) is 0 Å². The number of carboxylic acid groups (broad SMARTS) is 1. The predicted molar refractivity (Wildman–Crippen MR) is 68.0 cm³/mol. The molecule has 0 aliphatic carbocycles. The van der Waals surface area contributed by atoms with E-state index in [-0.39, 0.29) is 18.2 Å². The third-order valence-electron chi connectivity index (χ3n) is 3.01. The van der Waals surface area contributed by atoms with Crippen LogP contribution in [0.15, 0.2) is 0 Å². The van der Waals surface area contributed by atoms with E-state index in [1.165, 1.54) is 0 Å². The monoisotopic (exact) mass is 274 g/mol. The maximum Gasteiger partial charge on any atom is 0.332 e. The molecular formula is C12H22N2O5. The van der Waals surface area contributed by atoms with Crippen molar-refractivity contribution in [1.29, 1.82) is 0 Å². The summed E-state index contributed by atoms with van der Waals surface area (Å²) in [7, 11) is 1.61. The van der Waals surface area contributed by atoms with Crippen LogP contribution in [0.1, 0.15) is 26.2 Å². The summed E-state index contributed by atoms with van der Waals surface area (Å²) in [4.78, 5) is 22.2. The van der Waals surface area contributed by atoms with Crippen molar-refractivity contribution >= 4 is 12.0 Å². The first-order valence-electron chi connectivity index (χ1n) is 6.44. The molecule has 7 nitrogen and oxygen atoms in total. The second kappa shape index (κ2) is 7.96. The Labute approximate surface area is 112 Å². The molecule has 0 aromatic carbocycles. The molecule has 3 unspecified atom stereocenters. The number of ether oxygens (including phenoxy) is 2. The Morgan fingerprint density at radius 3 is 2.79 bits per heavy atom. The number of nitrogens with one attached hydrogen (secondary N) is 2. The van der Waals surface area contributed by atoms with Gasteiger partial charge in [-0.25, -0.2) is 9.59 Å². The number of amides is 2. The number of aliphatic carboxylic acids is 1. The number of rotatable bonds is 7. The van der Waals surface area contributed by atoms with Gasteiger partial charge in [0.15, 0.2) is 6.10 Å². The normalized spacial score (nSPS) is 23.9. The van der Waals surface area contributed by atoms with Gasteiger partial charge in [-0.1, -0.05) is 0 Å². The lowest BCUT2D eigenvalue weighted by Gasteiger charge is -2.16. The molecule has 1 aliphatic rings. The van der Waals surface area contributed by atoms with E-state index in [0.29, 0.717) is 26.0 Å². The molecule has 0 aromatic heterocycles. The second-order valence-electron chi connectivity index (χ2n) is 4.70. The Hall–Kier alpha value is -1.34. The van der Waals surface area contributed by atoms with Crippen LogP contribution >= 0.6 is 0 Å². The van der Waals surface area contributed by atoms with Crippen LogP contribution in [0.2, 0.25) is 0 Å². The van der Waals surface area contributed by atoms with Gasteiger partial charge in [0.25, 0.3) is 0 Å². The fourth-order valence-corrected chi connectivity index (χ4v) is 1.89. The van der Waals surface area contributed by atoms with Gasteiger partial charge in [0.1, 0.15) is 0 Å². The number of carbonyl (C=O) groups is 2. The third-order valence-corrected chi connectivity index (χ3v) is 3.01. The molecule has 7 heteroatoms. The van der Waals surface area contributed by atoms with E-state index in [0.717, 1.165) is 6.42 Å². The fourth-order valence-electron chi connectivity index (χ4n) is 1.89. The van der Waals surface area contributed by atoms with Gasteiger partial charge in [-0.15, -0.1) is 0 Å². The van der Waals surface area contributed by atoms with E-state index < -0.39 is 12.1 Å². The zero-order valence-electron chi connectivity index (χ0n) is 11.3. The van der Waals surface area contributed by atoms with Gasteiger partial charge in [0.2, 0.25) is 0 Å². The van der Waals surface area contributed by atoms with Crippen LogP contribution in [0.25, 0.3) is 0 Å². The van der Waals surface area contributed by atoms with Gasteiger partial charge in [0.05, 0.1) is 6.10 Å². The Kier molecular flexibility index (Phi) is 6.58. The molecule has 3 atom stereocenters. The van der Waals surface area contributed by atoms with E-state index in [1.807, 2.05) is 6.92 Å². The van der Waals surface area contributed by atoms with E-state index >= 15 is 0 Å². The van der Waals surface area contributed by atoms with Crippen LogP contribution in [-0.2, 0) is 14.3 Å². The summed E-state index contributed by atoms with van der Waals surface area (Å²) in [6, 6.07) is -0.248. The molecule has 110 valence electrons. The molecule has 2 amide bonds.